The number of aryl methyl sites for hydroxylation is 1. The Morgan fingerprint density at radius 2 is 1.58 bits per heavy atom. The van der Waals surface area contributed by atoms with Gasteiger partial charge in [-0.2, -0.15) is 0 Å². The van der Waals surface area contributed by atoms with Crippen LogP contribution in [0.2, 0.25) is 0 Å². The van der Waals surface area contributed by atoms with Crippen molar-refractivity contribution in [1.29, 1.82) is 0 Å². The molecular formula is C23H27Zr. The van der Waals surface area contributed by atoms with E-state index < -0.39 is 0 Å². The van der Waals surface area contributed by atoms with E-state index in [4.69, 9.17) is 0 Å². The molecule has 0 fully saturated rings. The molecule has 0 spiro atoms. The van der Waals surface area contributed by atoms with Gasteiger partial charge in [-0.15, -0.1) is 0 Å². The van der Waals surface area contributed by atoms with E-state index in [2.05, 4.69) is 65.0 Å². The fourth-order valence-electron chi connectivity index (χ4n) is 3.86. The Balaban J connectivity index is 2.13. The fraction of sp³-hybridized carbons (Fsp3) is 0.391. The Bertz CT molecular complexity index is 794. The van der Waals surface area contributed by atoms with Gasteiger partial charge in [-0.1, -0.05) is 0 Å². The number of rotatable bonds is 4. The molecule has 0 N–H and O–H groups in total. The first-order valence-electron chi connectivity index (χ1n) is 9.08. The van der Waals surface area contributed by atoms with Gasteiger partial charge in [0.25, 0.3) is 0 Å². The average molecular weight is 395 g/mol. The average Bonchev–Trinajstić information content (AvgIpc) is 2.87. The molecule has 3 rings (SSSR count). The van der Waals surface area contributed by atoms with Gasteiger partial charge >= 0.3 is 163 Å². The van der Waals surface area contributed by atoms with Crippen LogP contribution in [0.25, 0.3) is 17.2 Å². The molecule has 2 aromatic rings. The molecule has 0 heterocycles. The summed E-state index contributed by atoms with van der Waals surface area (Å²) >= 11 is 1.60. The van der Waals surface area contributed by atoms with Crippen molar-refractivity contribution in [2.75, 3.05) is 0 Å². The second-order valence-corrected chi connectivity index (χ2v) is 8.62. The van der Waals surface area contributed by atoms with E-state index in [0.29, 0.717) is 3.63 Å². The van der Waals surface area contributed by atoms with Crippen molar-refractivity contribution in [2.45, 2.75) is 57.5 Å². The van der Waals surface area contributed by atoms with Gasteiger partial charge in [0, 0.05) is 0 Å². The molecule has 123 valence electrons. The number of allylic oxidation sites excluding steroid dienone is 1. The molecule has 2 aromatic carbocycles. The van der Waals surface area contributed by atoms with Gasteiger partial charge in [0.05, 0.1) is 0 Å². The maximum absolute atomic E-state index is 2.44. The molecule has 0 aliphatic heterocycles. The van der Waals surface area contributed by atoms with Crippen LogP contribution in [0.3, 0.4) is 0 Å². The van der Waals surface area contributed by atoms with Gasteiger partial charge in [-0.05, 0) is 0 Å². The first-order valence-corrected chi connectivity index (χ1v) is 10.5. The monoisotopic (exact) mass is 393 g/mol. The summed E-state index contributed by atoms with van der Waals surface area (Å²) in [5, 5.41) is 0. The summed E-state index contributed by atoms with van der Waals surface area (Å²) in [5.74, 6) is 0. The first-order chi connectivity index (χ1) is 11.5. The van der Waals surface area contributed by atoms with Gasteiger partial charge in [0.1, 0.15) is 0 Å². The second kappa shape index (κ2) is 7.13. The van der Waals surface area contributed by atoms with Gasteiger partial charge in [0.15, 0.2) is 0 Å². The zero-order valence-corrected chi connectivity index (χ0v) is 18.0. The van der Waals surface area contributed by atoms with Crippen LogP contribution in [0.15, 0.2) is 29.8 Å². The van der Waals surface area contributed by atoms with Crippen molar-refractivity contribution in [3.63, 3.8) is 0 Å². The van der Waals surface area contributed by atoms with Crippen LogP contribution in [-0.2, 0) is 31.1 Å². The van der Waals surface area contributed by atoms with E-state index in [1.54, 1.807) is 30.3 Å². The van der Waals surface area contributed by atoms with Gasteiger partial charge in [-0.25, -0.2) is 0 Å². The summed E-state index contributed by atoms with van der Waals surface area (Å²) in [6, 6.07) is 9.32. The number of hydrogen-bond acceptors (Lipinski definition) is 0. The van der Waals surface area contributed by atoms with Gasteiger partial charge in [-0.3, -0.25) is 0 Å². The van der Waals surface area contributed by atoms with Crippen molar-refractivity contribution in [3.8, 4) is 11.1 Å². The Morgan fingerprint density at radius 3 is 2.21 bits per heavy atom. The molecule has 1 aliphatic carbocycles. The molecule has 0 bridgehead atoms. The molecule has 0 saturated heterocycles. The topological polar surface area (TPSA) is 0 Å². The van der Waals surface area contributed by atoms with Gasteiger partial charge in [0.2, 0.25) is 0 Å². The van der Waals surface area contributed by atoms with Crippen molar-refractivity contribution >= 4 is 6.08 Å². The summed E-state index contributed by atoms with van der Waals surface area (Å²) in [5.41, 5.74) is 13.3. The summed E-state index contributed by atoms with van der Waals surface area (Å²) < 4.78 is 0.633. The molecular weight excluding hydrogens is 367 g/mol. The number of fused-ring (bicyclic) bond motifs is 1. The number of hydrogen-bond donors (Lipinski definition) is 0. The molecule has 0 aromatic heterocycles. The van der Waals surface area contributed by atoms with Crippen LogP contribution in [0, 0.1) is 20.8 Å². The van der Waals surface area contributed by atoms with E-state index in [9.17, 15) is 0 Å². The third-order valence-corrected chi connectivity index (χ3v) is 7.47. The molecule has 24 heavy (non-hydrogen) atoms. The minimum atomic E-state index is 0.633. The predicted octanol–water partition coefficient (Wildman–Crippen LogP) is 6.63. The molecule has 1 atom stereocenters. The first kappa shape index (κ1) is 17.9. The zero-order chi connectivity index (χ0) is 17.4. The molecule has 1 heteroatoms. The second-order valence-electron chi connectivity index (χ2n) is 7.20. The van der Waals surface area contributed by atoms with Gasteiger partial charge < -0.3 is 0 Å². The van der Waals surface area contributed by atoms with Crippen LogP contribution in [-0.4, -0.2) is 0 Å². The Hall–Kier alpha value is -0.937. The third kappa shape index (κ3) is 3.01. The summed E-state index contributed by atoms with van der Waals surface area (Å²) in [6.45, 7) is 11.4. The summed E-state index contributed by atoms with van der Waals surface area (Å²) in [6.07, 6.45) is 6.17. The number of unbranched alkanes of at least 4 members (excludes halogenated alkanes) is 1. The van der Waals surface area contributed by atoms with Crippen LogP contribution in [0.1, 0.15) is 63.7 Å². The molecule has 0 amide bonds. The molecule has 0 radical (unpaired) electrons. The van der Waals surface area contributed by atoms with Crippen LogP contribution in [0.5, 0.6) is 0 Å². The Labute approximate surface area is 162 Å². The molecule has 0 saturated carbocycles. The predicted molar refractivity (Wildman–Crippen MR) is 101 cm³/mol. The quantitative estimate of drug-likeness (QED) is 0.546. The summed E-state index contributed by atoms with van der Waals surface area (Å²) in [4.78, 5) is 0. The molecule has 0 nitrogen and oxygen atoms in total. The van der Waals surface area contributed by atoms with E-state index in [-0.39, 0.29) is 0 Å². The Kier molecular flexibility index (Phi) is 5.31. The van der Waals surface area contributed by atoms with E-state index in [1.807, 2.05) is 0 Å². The van der Waals surface area contributed by atoms with Crippen molar-refractivity contribution in [3.05, 3.63) is 63.2 Å². The van der Waals surface area contributed by atoms with Crippen LogP contribution in [0.4, 0.5) is 0 Å². The van der Waals surface area contributed by atoms with Crippen molar-refractivity contribution in [2.24, 2.45) is 0 Å². The van der Waals surface area contributed by atoms with Crippen molar-refractivity contribution in [1.82, 2.24) is 0 Å². The van der Waals surface area contributed by atoms with Crippen LogP contribution < -0.4 is 0 Å². The Morgan fingerprint density at radius 1 is 0.917 bits per heavy atom. The van der Waals surface area contributed by atoms with E-state index in [0.717, 1.165) is 0 Å². The summed E-state index contributed by atoms with van der Waals surface area (Å²) in [7, 11) is 0. The maximum atomic E-state index is 2.44. The standard InChI is InChI=1S/C23H27.Zr/c1-6-7-8-19-9-11-20(12-10-19)23-18(5)16(3)17(4)21-13-15(2)14-22(21)23;/h9-14H,6-8H2,1-5H3;. The minimum absolute atomic E-state index is 0.633. The third-order valence-electron chi connectivity index (χ3n) is 5.64. The van der Waals surface area contributed by atoms with Crippen LogP contribution >= 0.6 is 0 Å². The molecule has 1 unspecified atom stereocenters. The zero-order valence-electron chi connectivity index (χ0n) is 15.6. The van der Waals surface area contributed by atoms with Crippen molar-refractivity contribution < 1.29 is 24.7 Å². The SMILES string of the molecule is CCCCc1ccc(-c2c(C)c(C)c(C)c3c2C=C(C)[CH]3[Zr])cc1. The molecule has 1 aliphatic rings. The number of benzene rings is 2. The van der Waals surface area contributed by atoms with E-state index >= 15 is 0 Å². The fourth-order valence-corrected chi connectivity index (χ4v) is 4.98. The normalized spacial score (nSPS) is 16.2. The van der Waals surface area contributed by atoms with E-state index in [1.165, 1.54) is 63.8 Å².